The predicted octanol–water partition coefficient (Wildman–Crippen LogP) is 1.80. The molecule has 0 saturated carbocycles. The summed E-state index contributed by atoms with van der Waals surface area (Å²) in [6.45, 7) is 0. The first-order valence-corrected chi connectivity index (χ1v) is 7.66. The second kappa shape index (κ2) is 6.64. The molecule has 3 rings (SSSR count). The molecule has 0 spiro atoms. The minimum Gasteiger partial charge on any atom is -0.504 e. The van der Waals surface area contributed by atoms with Gasteiger partial charge in [-0.25, -0.2) is 0 Å². The Labute approximate surface area is 149 Å². The quantitative estimate of drug-likeness (QED) is 0.754. The van der Waals surface area contributed by atoms with Crippen LogP contribution in [0.15, 0.2) is 24.3 Å². The zero-order valence-corrected chi connectivity index (χ0v) is 14.3. The van der Waals surface area contributed by atoms with E-state index in [1.54, 1.807) is 6.07 Å². The lowest BCUT2D eigenvalue weighted by Gasteiger charge is -2.31. The first-order chi connectivity index (χ1) is 12.4. The maximum absolute atomic E-state index is 12.7. The minimum absolute atomic E-state index is 0.0566. The molecule has 0 bridgehead atoms. The van der Waals surface area contributed by atoms with Crippen LogP contribution in [0.3, 0.4) is 0 Å². The molecule has 2 aromatic carbocycles. The fourth-order valence-corrected chi connectivity index (χ4v) is 2.90. The normalized spacial score (nSPS) is 18.7. The van der Waals surface area contributed by atoms with E-state index in [1.165, 1.54) is 39.5 Å². The number of hydrogen-bond acceptors (Lipinski definition) is 8. The van der Waals surface area contributed by atoms with E-state index in [0.717, 1.165) is 0 Å². The van der Waals surface area contributed by atoms with E-state index in [0.29, 0.717) is 5.56 Å². The van der Waals surface area contributed by atoms with Gasteiger partial charge in [-0.1, -0.05) is 6.07 Å². The molecule has 138 valence electrons. The number of aliphatic hydroxyl groups excluding tert-OH is 1. The lowest BCUT2D eigenvalue weighted by molar-refractivity contribution is 0.0208. The van der Waals surface area contributed by atoms with Crippen LogP contribution in [0.25, 0.3) is 0 Å². The third-order valence-corrected chi connectivity index (χ3v) is 4.20. The lowest BCUT2D eigenvalue weighted by atomic mass is 9.92. The van der Waals surface area contributed by atoms with Crippen LogP contribution in [0.4, 0.5) is 0 Å². The molecule has 3 N–H and O–H groups in total. The summed E-state index contributed by atoms with van der Waals surface area (Å²) >= 11 is 0. The molecule has 0 aliphatic carbocycles. The number of benzene rings is 2. The van der Waals surface area contributed by atoms with E-state index >= 15 is 0 Å². The van der Waals surface area contributed by atoms with Crippen LogP contribution >= 0.6 is 0 Å². The zero-order chi connectivity index (χ0) is 19.0. The SMILES string of the molecule is COc1ccc(C2Oc3cc(OC)c(O)c(OC)c3C(=O)C2O)cc1O. The van der Waals surface area contributed by atoms with E-state index in [-0.39, 0.29) is 40.1 Å². The monoisotopic (exact) mass is 362 g/mol. The second-order valence-corrected chi connectivity index (χ2v) is 5.61. The van der Waals surface area contributed by atoms with Crippen molar-refractivity contribution < 1.29 is 39.1 Å². The maximum atomic E-state index is 12.7. The highest BCUT2D eigenvalue weighted by Gasteiger charge is 2.41. The number of rotatable bonds is 4. The first-order valence-electron chi connectivity index (χ1n) is 7.66. The summed E-state index contributed by atoms with van der Waals surface area (Å²) in [7, 11) is 4.03. The molecular weight excluding hydrogens is 344 g/mol. The van der Waals surface area contributed by atoms with Gasteiger partial charge < -0.3 is 34.3 Å². The summed E-state index contributed by atoms with van der Waals surface area (Å²) in [5.74, 6) is -0.939. The molecule has 8 nitrogen and oxygen atoms in total. The number of ether oxygens (including phenoxy) is 4. The van der Waals surface area contributed by atoms with Gasteiger partial charge in [0.05, 0.1) is 21.3 Å². The van der Waals surface area contributed by atoms with Crippen molar-refractivity contribution in [1.82, 2.24) is 0 Å². The number of ketones is 1. The number of carbonyl (C=O) groups is 1. The Hall–Kier alpha value is -3.13. The number of phenolic OH excluding ortho intramolecular Hbond substituents is 2. The van der Waals surface area contributed by atoms with Gasteiger partial charge in [0, 0.05) is 6.07 Å². The Morgan fingerprint density at radius 1 is 1.00 bits per heavy atom. The van der Waals surface area contributed by atoms with Crippen molar-refractivity contribution in [2.45, 2.75) is 12.2 Å². The highest BCUT2D eigenvalue weighted by molar-refractivity contribution is 6.06. The molecule has 1 aliphatic heterocycles. The van der Waals surface area contributed by atoms with Gasteiger partial charge in [-0.05, 0) is 17.7 Å². The summed E-state index contributed by atoms with van der Waals surface area (Å²) in [6.07, 6.45) is -2.62. The van der Waals surface area contributed by atoms with Crippen LogP contribution in [0, 0.1) is 0 Å². The number of hydrogen-bond donors (Lipinski definition) is 3. The fourth-order valence-electron chi connectivity index (χ4n) is 2.90. The third kappa shape index (κ3) is 2.64. The molecule has 1 heterocycles. The van der Waals surface area contributed by atoms with Crippen LogP contribution < -0.4 is 18.9 Å². The molecule has 0 amide bonds. The summed E-state index contributed by atoms with van der Waals surface area (Å²) in [4.78, 5) is 12.7. The van der Waals surface area contributed by atoms with Gasteiger partial charge in [-0.15, -0.1) is 0 Å². The van der Waals surface area contributed by atoms with E-state index in [9.17, 15) is 20.1 Å². The Bertz CT molecular complexity index is 861. The van der Waals surface area contributed by atoms with Gasteiger partial charge >= 0.3 is 0 Å². The van der Waals surface area contributed by atoms with Crippen LogP contribution in [0.5, 0.6) is 34.5 Å². The molecular formula is C18H18O8. The summed E-state index contributed by atoms with van der Waals surface area (Å²) < 4.78 is 20.9. The summed E-state index contributed by atoms with van der Waals surface area (Å²) in [5, 5.41) is 30.5. The number of methoxy groups -OCH3 is 3. The molecule has 0 fully saturated rings. The second-order valence-electron chi connectivity index (χ2n) is 5.61. The van der Waals surface area contributed by atoms with Crippen molar-refractivity contribution in [3.05, 3.63) is 35.4 Å². The minimum atomic E-state index is -1.56. The number of aliphatic hydroxyl groups is 1. The standard InChI is InChI=1S/C18H18O8/c1-23-10-5-4-8(6-9(10)19)17-16(22)15(21)13-11(26-17)7-12(24-2)14(20)18(13)25-3/h4-7,16-17,19-20,22H,1-3H3. The summed E-state index contributed by atoms with van der Waals surface area (Å²) in [5.41, 5.74) is 0.299. The average molecular weight is 362 g/mol. The highest BCUT2D eigenvalue weighted by Crippen LogP contribution is 2.49. The Balaban J connectivity index is 2.10. The molecule has 0 saturated heterocycles. The number of Topliss-reactive ketones (excluding diaryl/α,β-unsaturated/α-hetero) is 1. The molecule has 8 heteroatoms. The van der Waals surface area contributed by atoms with Crippen molar-refractivity contribution in [1.29, 1.82) is 0 Å². The largest absolute Gasteiger partial charge is 0.504 e. The van der Waals surface area contributed by atoms with Gasteiger partial charge in [-0.2, -0.15) is 0 Å². The number of fused-ring (bicyclic) bond motifs is 1. The first kappa shape index (κ1) is 17.7. The summed E-state index contributed by atoms with van der Waals surface area (Å²) in [6, 6.07) is 5.76. The van der Waals surface area contributed by atoms with Gasteiger partial charge in [0.25, 0.3) is 0 Å². The molecule has 26 heavy (non-hydrogen) atoms. The Morgan fingerprint density at radius 2 is 1.69 bits per heavy atom. The van der Waals surface area contributed by atoms with Gasteiger partial charge in [-0.3, -0.25) is 4.79 Å². The van der Waals surface area contributed by atoms with E-state index in [1.807, 2.05) is 0 Å². The van der Waals surface area contributed by atoms with Crippen molar-refractivity contribution in [3.63, 3.8) is 0 Å². The number of phenols is 2. The van der Waals surface area contributed by atoms with Gasteiger partial charge in [0.1, 0.15) is 11.3 Å². The smallest absolute Gasteiger partial charge is 0.203 e. The third-order valence-electron chi connectivity index (χ3n) is 4.20. The highest BCUT2D eigenvalue weighted by atomic mass is 16.5. The van der Waals surface area contributed by atoms with Crippen LogP contribution in [0.1, 0.15) is 22.0 Å². The van der Waals surface area contributed by atoms with Crippen molar-refractivity contribution in [3.8, 4) is 34.5 Å². The van der Waals surface area contributed by atoms with E-state index in [2.05, 4.69) is 0 Å². The maximum Gasteiger partial charge on any atom is 0.203 e. The molecule has 0 radical (unpaired) electrons. The number of aromatic hydroxyl groups is 2. The van der Waals surface area contributed by atoms with E-state index in [4.69, 9.17) is 18.9 Å². The van der Waals surface area contributed by atoms with E-state index < -0.39 is 18.0 Å². The molecule has 1 aliphatic rings. The average Bonchev–Trinajstić information content (AvgIpc) is 2.64. The Morgan fingerprint density at radius 3 is 2.27 bits per heavy atom. The van der Waals surface area contributed by atoms with Crippen molar-refractivity contribution in [2.75, 3.05) is 21.3 Å². The predicted molar refractivity (Wildman–Crippen MR) is 89.6 cm³/mol. The molecule has 0 aromatic heterocycles. The lowest BCUT2D eigenvalue weighted by Crippen LogP contribution is -2.36. The molecule has 2 unspecified atom stereocenters. The topological polar surface area (TPSA) is 115 Å². The number of carbonyl (C=O) groups excluding carboxylic acids is 1. The molecule has 2 atom stereocenters. The van der Waals surface area contributed by atoms with Crippen LogP contribution in [-0.4, -0.2) is 48.5 Å². The fraction of sp³-hybridized carbons (Fsp3) is 0.278. The van der Waals surface area contributed by atoms with Gasteiger partial charge in [0.2, 0.25) is 11.5 Å². The van der Waals surface area contributed by atoms with Crippen molar-refractivity contribution >= 4 is 5.78 Å². The van der Waals surface area contributed by atoms with Crippen LogP contribution in [0.2, 0.25) is 0 Å². The van der Waals surface area contributed by atoms with Crippen molar-refractivity contribution in [2.24, 2.45) is 0 Å². The van der Waals surface area contributed by atoms with Crippen LogP contribution in [-0.2, 0) is 0 Å². The zero-order valence-electron chi connectivity index (χ0n) is 14.3. The Kier molecular flexibility index (Phi) is 4.52. The van der Waals surface area contributed by atoms with Gasteiger partial charge in [0.15, 0.2) is 35.2 Å². The molecule has 2 aromatic rings.